The Morgan fingerprint density at radius 1 is 1.09 bits per heavy atom. The second-order valence-electron chi connectivity index (χ2n) is 7.15. The minimum Gasteiger partial charge on any atom is -0.271 e. The van der Waals surface area contributed by atoms with E-state index in [0.29, 0.717) is 24.5 Å². The Kier molecular flexibility index (Phi) is 6.31. The Morgan fingerprint density at radius 2 is 1.84 bits per heavy atom. The first-order valence-corrected chi connectivity index (χ1v) is 12.2. The quantitative estimate of drug-likeness (QED) is 0.546. The molecule has 0 bridgehead atoms. The number of aromatic nitrogens is 2. The van der Waals surface area contributed by atoms with Crippen molar-refractivity contribution < 1.29 is 18.0 Å². The van der Waals surface area contributed by atoms with Gasteiger partial charge in [-0.1, -0.05) is 18.2 Å². The molecule has 0 atom stereocenters. The molecule has 3 heterocycles. The number of likely N-dealkylation sites (N-methyl/N-ethyl adjacent to an activating group) is 1. The lowest BCUT2D eigenvalue weighted by atomic mass is 10.3. The molecule has 0 saturated carbocycles. The third kappa shape index (κ3) is 4.40. The van der Waals surface area contributed by atoms with Gasteiger partial charge >= 0.3 is 0 Å². The Balaban J connectivity index is 1.47. The number of amides is 2. The molecule has 1 saturated heterocycles. The second kappa shape index (κ2) is 9.15. The zero-order chi connectivity index (χ0) is 22.7. The number of sulfonamides is 1. The SMILES string of the molecule is CN(CC(=O)N1CCCN1C(=O)c1csc(-c2cccnc2)n1)S(=O)(=O)c1ccccc1. The molecule has 166 valence electrons. The average Bonchev–Trinajstić information content (AvgIpc) is 3.50. The van der Waals surface area contributed by atoms with Gasteiger partial charge in [0.05, 0.1) is 11.4 Å². The number of carbonyl (C=O) groups is 2. The van der Waals surface area contributed by atoms with Crippen molar-refractivity contribution in [1.29, 1.82) is 0 Å². The van der Waals surface area contributed by atoms with E-state index in [4.69, 9.17) is 0 Å². The summed E-state index contributed by atoms with van der Waals surface area (Å²) in [5.74, 6) is -0.864. The van der Waals surface area contributed by atoms with Crippen LogP contribution in [0.4, 0.5) is 0 Å². The first-order valence-electron chi connectivity index (χ1n) is 9.87. The fourth-order valence-corrected chi connectivity index (χ4v) is 5.26. The number of carbonyl (C=O) groups excluding carboxylic acids is 2. The first-order chi connectivity index (χ1) is 15.4. The lowest BCUT2D eigenvalue weighted by molar-refractivity contribution is -0.140. The van der Waals surface area contributed by atoms with Crippen molar-refractivity contribution in [1.82, 2.24) is 24.3 Å². The van der Waals surface area contributed by atoms with Crippen LogP contribution in [-0.2, 0) is 14.8 Å². The van der Waals surface area contributed by atoms with Crippen LogP contribution in [0.25, 0.3) is 10.6 Å². The fourth-order valence-electron chi connectivity index (χ4n) is 3.34. The summed E-state index contributed by atoms with van der Waals surface area (Å²) in [5, 5.41) is 4.96. The van der Waals surface area contributed by atoms with E-state index in [1.807, 2.05) is 6.07 Å². The molecule has 1 aliphatic rings. The maximum Gasteiger partial charge on any atom is 0.291 e. The number of hydrogen-bond acceptors (Lipinski definition) is 7. The molecule has 1 aliphatic heterocycles. The number of hydrazine groups is 1. The number of rotatable bonds is 6. The van der Waals surface area contributed by atoms with Crippen LogP contribution in [-0.4, -0.2) is 71.2 Å². The molecule has 32 heavy (non-hydrogen) atoms. The molecule has 2 aromatic heterocycles. The van der Waals surface area contributed by atoms with E-state index < -0.39 is 21.8 Å². The van der Waals surface area contributed by atoms with E-state index in [1.54, 1.807) is 42.0 Å². The topological polar surface area (TPSA) is 104 Å². The monoisotopic (exact) mass is 471 g/mol. The molecule has 0 spiro atoms. The first kappa shape index (κ1) is 22.1. The molecule has 9 nitrogen and oxygen atoms in total. The predicted molar refractivity (Wildman–Crippen MR) is 119 cm³/mol. The van der Waals surface area contributed by atoms with Crippen molar-refractivity contribution in [2.75, 3.05) is 26.7 Å². The molecule has 3 aromatic rings. The van der Waals surface area contributed by atoms with Gasteiger partial charge in [-0.2, -0.15) is 4.31 Å². The van der Waals surface area contributed by atoms with Crippen LogP contribution in [0.3, 0.4) is 0 Å². The summed E-state index contributed by atoms with van der Waals surface area (Å²) in [5.41, 5.74) is 1.04. The van der Waals surface area contributed by atoms with Gasteiger partial charge in [-0.15, -0.1) is 11.3 Å². The summed E-state index contributed by atoms with van der Waals surface area (Å²) < 4.78 is 26.4. The lowest BCUT2D eigenvalue weighted by Crippen LogP contribution is -2.49. The van der Waals surface area contributed by atoms with Gasteiger partial charge in [-0.25, -0.2) is 23.4 Å². The molecular formula is C21H21N5O4S2. The number of thiazole rings is 1. The van der Waals surface area contributed by atoms with Crippen molar-refractivity contribution in [3.63, 3.8) is 0 Å². The van der Waals surface area contributed by atoms with Gasteiger partial charge in [0, 0.05) is 43.5 Å². The van der Waals surface area contributed by atoms with Crippen LogP contribution in [0.15, 0.2) is 65.1 Å². The van der Waals surface area contributed by atoms with Crippen LogP contribution < -0.4 is 0 Å². The van der Waals surface area contributed by atoms with Crippen LogP contribution in [0, 0.1) is 0 Å². The highest BCUT2D eigenvalue weighted by Crippen LogP contribution is 2.25. The molecule has 0 radical (unpaired) electrons. The van der Waals surface area contributed by atoms with E-state index in [1.165, 1.54) is 40.5 Å². The molecule has 1 fully saturated rings. The number of nitrogens with zero attached hydrogens (tertiary/aromatic N) is 5. The maximum atomic E-state index is 13.0. The van der Waals surface area contributed by atoms with E-state index in [0.717, 1.165) is 9.87 Å². The van der Waals surface area contributed by atoms with Gasteiger partial charge in [-0.05, 0) is 30.7 Å². The summed E-state index contributed by atoms with van der Waals surface area (Å²) in [4.78, 5) is 34.5. The van der Waals surface area contributed by atoms with Crippen molar-refractivity contribution >= 4 is 33.2 Å². The fraction of sp³-hybridized carbons (Fsp3) is 0.238. The molecule has 4 rings (SSSR count). The number of hydrogen-bond donors (Lipinski definition) is 0. The Labute approximate surface area is 190 Å². The van der Waals surface area contributed by atoms with E-state index in [2.05, 4.69) is 9.97 Å². The zero-order valence-corrected chi connectivity index (χ0v) is 18.9. The predicted octanol–water partition coefficient (Wildman–Crippen LogP) is 2.12. The summed E-state index contributed by atoms with van der Waals surface area (Å²) in [7, 11) is -2.46. The Morgan fingerprint density at radius 3 is 2.56 bits per heavy atom. The Hall–Kier alpha value is -3.15. The molecule has 2 amide bonds. The third-order valence-corrected chi connectivity index (χ3v) is 7.70. The van der Waals surface area contributed by atoms with Gasteiger partial charge in [0.25, 0.3) is 11.8 Å². The highest BCUT2D eigenvalue weighted by molar-refractivity contribution is 7.89. The van der Waals surface area contributed by atoms with E-state index >= 15 is 0 Å². The molecule has 0 unspecified atom stereocenters. The third-order valence-electron chi connectivity index (χ3n) is 4.99. The van der Waals surface area contributed by atoms with Crippen LogP contribution in [0.1, 0.15) is 16.9 Å². The summed E-state index contributed by atoms with van der Waals surface area (Å²) in [6, 6.07) is 11.6. The van der Waals surface area contributed by atoms with Crippen molar-refractivity contribution in [2.24, 2.45) is 0 Å². The summed E-state index contributed by atoms with van der Waals surface area (Å²) in [6.07, 6.45) is 3.93. The number of pyridine rings is 1. The number of benzene rings is 1. The molecule has 11 heteroatoms. The van der Waals surface area contributed by atoms with Gasteiger partial charge in [0.1, 0.15) is 10.7 Å². The normalized spacial score (nSPS) is 14.2. The largest absolute Gasteiger partial charge is 0.291 e. The van der Waals surface area contributed by atoms with Crippen LogP contribution >= 0.6 is 11.3 Å². The summed E-state index contributed by atoms with van der Waals surface area (Å²) in [6.45, 7) is 0.321. The van der Waals surface area contributed by atoms with Gasteiger partial charge in [-0.3, -0.25) is 14.6 Å². The molecule has 0 N–H and O–H groups in total. The highest BCUT2D eigenvalue weighted by atomic mass is 32.2. The average molecular weight is 472 g/mol. The van der Waals surface area contributed by atoms with E-state index in [-0.39, 0.29) is 17.1 Å². The van der Waals surface area contributed by atoms with Gasteiger partial charge < -0.3 is 0 Å². The van der Waals surface area contributed by atoms with Crippen molar-refractivity contribution in [3.8, 4) is 10.6 Å². The summed E-state index contributed by atoms with van der Waals surface area (Å²) >= 11 is 1.32. The van der Waals surface area contributed by atoms with E-state index in [9.17, 15) is 18.0 Å². The van der Waals surface area contributed by atoms with Crippen molar-refractivity contribution in [3.05, 3.63) is 65.9 Å². The lowest BCUT2D eigenvalue weighted by Gasteiger charge is -2.28. The smallest absolute Gasteiger partial charge is 0.271 e. The van der Waals surface area contributed by atoms with Gasteiger partial charge in [0.15, 0.2) is 0 Å². The van der Waals surface area contributed by atoms with Crippen LogP contribution in [0.2, 0.25) is 0 Å². The minimum atomic E-state index is -3.82. The standard InChI is InChI=1S/C21H21N5O4S2/c1-24(32(29,30)17-8-3-2-4-9-17)14-19(27)25-11-6-12-26(25)21(28)18-15-31-20(23-18)16-7-5-10-22-13-16/h2-5,7-10,13,15H,6,11-12,14H2,1H3. The van der Waals surface area contributed by atoms with Crippen LogP contribution in [0.5, 0.6) is 0 Å². The van der Waals surface area contributed by atoms with Gasteiger partial charge in [0.2, 0.25) is 10.0 Å². The highest BCUT2D eigenvalue weighted by Gasteiger charge is 2.34. The minimum absolute atomic E-state index is 0.107. The Bertz CT molecular complexity index is 1220. The van der Waals surface area contributed by atoms with Crippen molar-refractivity contribution in [2.45, 2.75) is 11.3 Å². The maximum absolute atomic E-state index is 13.0. The molecular weight excluding hydrogens is 450 g/mol. The molecule has 1 aromatic carbocycles. The second-order valence-corrected chi connectivity index (χ2v) is 10.1. The zero-order valence-electron chi connectivity index (χ0n) is 17.3. The molecule has 0 aliphatic carbocycles.